The van der Waals surface area contributed by atoms with E-state index in [-0.39, 0.29) is 12.9 Å². The fraction of sp³-hybridized carbons (Fsp3) is 0.529. The third kappa shape index (κ3) is 7.22. The Balaban J connectivity index is 1.05. The number of carbonyl (C=O) groups excluding carboxylic acids is 1. The Bertz CT molecular complexity index is 1480. The molecular weight excluding hydrogens is 586 g/mol. The van der Waals surface area contributed by atoms with Crippen molar-refractivity contribution in [3.05, 3.63) is 48.7 Å². The van der Waals surface area contributed by atoms with E-state index in [1.165, 1.54) is 0 Å². The van der Waals surface area contributed by atoms with Crippen molar-refractivity contribution in [3.8, 4) is 22.9 Å². The van der Waals surface area contributed by atoms with Gasteiger partial charge in [-0.25, -0.2) is 9.78 Å². The Kier molecular flexibility index (Phi) is 9.34. The number of pyridine rings is 1. The van der Waals surface area contributed by atoms with Crippen LogP contribution in [0, 0.1) is 5.92 Å². The number of ether oxygens (including phenoxy) is 4. The van der Waals surface area contributed by atoms with Gasteiger partial charge in [-0.15, -0.1) is 10.2 Å². The molecule has 1 aromatic carbocycles. The van der Waals surface area contributed by atoms with Gasteiger partial charge in [-0.1, -0.05) is 12.1 Å². The van der Waals surface area contributed by atoms with Crippen LogP contribution >= 0.6 is 0 Å². The SMILES string of the molecule is COCOc1ccccc1-c1cc(N2CC3CCC(C2)N3c2ccc(OCC3CCN(C(=O)OC(C)(C)C)CC3)nc2)c(N)nn1. The quantitative estimate of drug-likeness (QED) is 0.321. The molecule has 2 bridgehead atoms. The molecule has 246 valence electrons. The number of rotatable bonds is 9. The average Bonchev–Trinajstić information content (AvgIpc) is 3.31. The van der Waals surface area contributed by atoms with Crippen LogP contribution < -0.4 is 25.0 Å². The van der Waals surface area contributed by atoms with Gasteiger partial charge in [0.25, 0.3) is 0 Å². The molecule has 3 aliphatic rings. The van der Waals surface area contributed by atoms with Gasteiger partial charge in [0.1, 0.15) is 11.4 Å². The van der Waals surface area contributed by atoms with E-state index < -0.39 is 5.60 Å². The number of para-hydroxylation sites is 1. The van der Waals surface area contributed by atoms with E-state index in [2.05, 4.69) is 31.0 Å². The Morgan fingerprint density at radius 2 is 1.72 bits per heavy atom. The number of nitrogens with zero attached hydrogens (tertiary/aromatic N) is 6. The molecule has 46 heavy (non-hydrogen) atoms. The van der Waals surface area contributed by atoms with Crippen LogP contribution in [0.4, 0.5) is 22.0 Å². The van der Waals surface area contributed by atoms with Crippen molar-refractivity contribution in [2.24, 2.45) is 5.92 Å². The van der Waals surface area contributed by atoms with E-state index in [1.54, 1.807) is 12.0 Å². The van der Waals surface area contributed by atoms with Gasteiger partial charge in [-0.3, -0.25) is 0 Å². The second kappa shape index (κ2) is 13.6. The molecule has 3 aromatic rings. The third-order valence-corrected chi connectivity index (χ3v) is 8.87. The summed E-state index contributed by atoms with van der Waals surface area (Å²) in [7, 11) is 1.60. The first-order valence-electron chi connectivity index (χ1n) is 16.1. The lowest BCUT2D eigenvalue weighted by Crippen LogP contribution is -2.54. The number of amides is 1. The molecule has 12 nitrogen and oxygen atoms in total. The van der Waals surface area contributed by atoms with Crippen molar-refractivity contribution in [1.29, 1.82) is 0 Å². The Morgan fingerprint density at radius 3 is 2.39 bits per heavy atom. The number of fused-ring (bicyclic) bond motifs is 2. The van der Waals surface area contributed by atoms with Crippen molar-refractivity contribution in [2.75, 3.05) is 62.2 Å². The highest BCUT2D eigenvalue weighted by molar-refractivity contribution is 5.75. The number of carbonyl (C=O) groups is 1. The zero-order chi connectivity index (χ0) is 32.3. The van der Waals surface area contributed by atoms with Gasteiger partial charge in [0, 0.05) is 57.0 Å². The van der Waals surface area contributed by atoms with E-state index in [0.717, 1.165) is 55.7 Å². The molecule has 12 heteroatoms. The second-order valence-electron chi connectivity index (χ2n) is 13.3. The number of likely N-dealkylation sites (tertiary alicyclic amines) is 1. The second-order valence-corrected chi connectivity index (χ2v) is 13.3. The Morgan fingerprint density at radius 1 is 0.978 bits per heavy atom. The molecule has 0 aliphatic carbocycles. The highest BCUT2D eigenvalue weighted by atomic mass is 16.7. The monoisotopic (exact) mass is 631 g/mol. The number of hydrogen-bond donors (Lipinski definition) is 1. The molecule has 1 amide bonds. The lowest BCUT2D eigenvalue weighted by atomic mass is 9.98. The highest BCUT2D eigenvalue weighted by Crippen LogP contribution is 2.39. The van der Waals surface area contributed by atoms with Gasteiger partial charge < -0.3 is 39.4 Å². The molecule has 0 radical (unpaired) electrons. The third-order valence-electron chi connectivity index (χ3n) is 8.87. The minimum atomic E-state index is -0.481. The summed E-state index contributed by atoms with van der Waals surface area (Å²) in [5.41, 5.74) is 9.45. The number of piperidine rings is 1. The molecule has 2 unspecified atom stereocenters. The van der Waals surface area contributed by atoms with Crippen LogP contribution in [-0.2, 0) is 9.47 Å². The van der Waals surface area contributed by atoms with Crippen molar-refractivity contribution in [3.63, 3.8) is 0 Å². The molecule has 5 heterocycles. The number of piperazine rings is 1. The van der Waals surface area contributed by atoms with Gasteiger partial charge in [-0.05, 0) is 76.6 Å². The number of nitrogens with two attached hydrogens (primary N) is 1. The number of methoxy groups -OCH3 is 1. The summed E-state index contributed by atoms with van der Waals surface area (Å²) in [5, 5.41) is 8.71. The molecule has 2 aromatic heterocycles. The number of benzene rings is 1. The van der Waals surface area contributed by atoms with E-state index in [1.807, 2.05) is 63.4 Å². The molecule has 3 fully saturated rings. The minimum absolute atomic E-state index is 0.149. The Labute approximate surface area is 270 Å². The molecular formula is C34H45N7O5. The lowest BCUT2D eigenvalue weighted by Gasteiger charge is -2.43. The summed E-state index contributed by atoms with van der Waals surface area (Å²) in [6.45, 7) is 9.43. The minimum Gasteiger partial charge on any atom is -0.477 e. The molecule has 2 atom stereocenters. The number of aromatic nitrogens is 3. The van der Waals surface area contributed by atoms with E-state index >= 15 is 0 Å². The van der Waals surface area contributed by atoms with Crippen LogP contribution in [0.1, 0.15) is 46.5 Å². The van der Waals surface area contributed by atoms with Crippen LogP contribution in [0.3, 0.4) is 0 Å². The maximum Gasteiger partial charge on any atom is 0.410 e. The van der Waals surface area contributed by atoms with Crippen molar-refractivity contribution in [1.82, 2.24) is 20.1 Å². The normalized spacial score (nSPS) is 20.1. The van der Waals surface area contributed by atoms with Crippen LogP contribution in [0.15, 0.2) is 48.7 Å². The van der Waals surface area contributed by atoms with Crippen molar-refractivity contribution < 1.29 is 23.7 Å². The summed E-state index contributed by atoms with van der Waals surface area (Å²) < 4.78 is 22.5. The summed E-state index contributed by atoms with van der Waals surface area (Å²) in [6, 6.07) is 14.5. The van der Waals surface area contributed by atoms with Gasteiger partial charge in [0.15, 0.2) is 12.6 Å². The van der Waals surface area contributed by atoms with Crippen LogP contribution in [-0.4, -0.2) is 90.5 Å². The first-order valence-corrected chi connectivity index (χ1v) is 16.1. The van der Waals surface area contributed by atoms with Crippen LogP contribution in [0.2, 0.25) is 0 Å². The van der Waals surface area contributed by atoms with Gasteiger partial charge in [0.05, 0.1) is 29.9 Å². The van der Waals surface area contributed by atoms with Crippen molar-refractivity contribution in [2.45, 2.75) is 64.1 Å². The topological polar surface area (TPSA) is 128 Å². The predicted octanol–water partition coefficient (Wildman–Crippen LogP) is 4.99. The Hall–Kier alpha value is -4.32. The fourth-order valence-electron chi connectivity index (χ4n) is 6.65. The first kappa shape index (κ1) is 31.7. The fourth-order valence-corrected chi connectivity index (χ4v) is 6.65. The van der Waals surface area contributed by atoms with Crippen molar-refractivity contribution >= 4 is 23.3 Å². The average molecular weight is 632 g/mol. The van der Waals surface area contributed by atoms with Gasteiger partial charge >= 0.3 is 6.09 Å². The maximum absolute atomic E-state index is 12.4. The molecule has 0 spiro atoms. The zero-order valence-electron chi connectivity index (χ0n) is 27.2. The predicted molar refractivity (Wildman–Crippen MR) is 176 cm³/mol. The summed E-state index contributed by atoms with van der Waals surface area (Å²) in [5.74, 6) is 2.11. The summed E-state index contributed by atoms with van der Waals surface area (Å²) >= 11 is 0. The molecule has 0 saturated carbocycles. The first-order chi connectivity index (χ1) is 22.2. The molecule has 6 rings (SSSR count). The van der Waals surface area contributed by atoms with E-state index in [4.69, 9.17) is 24.7 Å². The van der Waals surface area contributed by atoms with Crippen LogP contribution in [0.25, 0.3) is 11.3 Å². The van der Waals surface area contributed by atoms with Gasteiger partial charge in [-0.2, -0.15) is 0 Å². The molecule has 2 N–H and O–H groups in total. The maximum atomic E-state index is 12.4. The summed E-state index contributed by atoms with van der Waals surface area (Å²) in [4.78, 5) is 23.7. The smallest absolute Gasteiger partial charge is 0.410 e. The number of nitrogen functional groups attached to an aromatic ring is 1. The largest absolute Gasteiger partial charge is 0.477 e. The number of hydrogen-bond acceptors (Lipinski definition) is 11. The van der Waals surface area contributed by atoms with E-state index in [9.17, 15) is 4.79 Å². The molecule has 3 saturated heterocycles. The standard InChI is InChI=1S/C34H45N7O5/c1-34(2,3)46-33(42)39-15-13-23(14-16-39)21-44-31-12-11-24(18-36-31)41-25-9-10-26(41)20-40(19-25)29-17-28(37-38-32(29)35)27-7-5-6-8-30(27)45-22-43-4/h5-8,11-12,17-18,23,25-26H,9-10,13-16,19-22H2,1-4H3,(H2,35,38). The van der Waals surface area contributed by atoms with Crippen LogP contribution in [0.5, 0.6) is 11.6 Å². The molecule has 3 aliphatic heterocycles. The summed E-state index contributed by atoms with van der Waals surface area (Å²) in [6.07, 6.45) is 5.66. The van der Waals surface area contributed by atoms with Gasteiger partial charge in [0.2, 0.25) is 5.88 Å². The zero-order valence-corrected chi connectivity index (χ0v) is 27.2. The highest BCUT2D eigenvalue weighted by Gasteiger charge is 2.41. The number of anilines is 3. The van der Waals surface area contributed by atoms with E-state index in [0.29, 0.717) is 60.8 Å². The lowest BCUT2D eigenvalue weighted by molar-refractivity contribution is 0.0164.